The van der Waals surface area contributed by atoms with Crippen molar-refractivity contribution in [2.24, 2.45) is 7.05 Å². The third-order valence-electron chi connectivity index (χ3n) is 2.44. The number of nitrogens with zero attached hydrogens (tertiary/aromatic N) is 4. The van der Waals surface area contributed by atoms with Gasteiger partial charge >= 0.3 is 0 Å². The number of hydrogen-bond acceptors (Lipinski definition) is 6. The molecule has 112 valence electrons. The van der Waals surface area contributed by atoms with Gasteiger partial charge in [0.1, 0.15) is 6.61 Å². The number of aryl methyl sites for hydroxylation is 1. The average Bonchev–Trinajstić information content (AvgIpc) is 2.85. The zero-order chi connectivity index (χ0) is 15.2. The fourth-order valence-corrected chi connectivity index (χ4v) is 2.45. The van der Waals surface area contributed by atoms with E-state index in [9.17, 15) is 4.79 Å². The van der Waals surface area contributed by atoms with Crippen molar-refractivity contribution >= 4 is 35.0 Å². The van der Waals surface area contributed by atoms with Gasteiger partial charge in [0.15, 0.2) is 0 Å². The van der Waals surface area contributed by atoms with E-state index in [4.69, 9.17) is 16.3 Å². The first-order valence-electron chi connectivity index (χ1n) is 6.17. The van der Waals surface area contributed by atoms with Crippen molar-refractivity contribution in [1.82, 2.24) is 20.2 Å². The molecule has 0 bridgehead atoms. The number of benzene rings is 1. The number of rotatable bonds is 6. The maximum absolute atomic E-state index is 11.8. The summed E-state index contributed by atoms with van der Waals surface area (Å²) in [7, 11) is 1.74. The molecule has 0 aliphatic heterocycles. The van der Waals surface area contributed by atoms with Crippen LogP contribution >= 0.6 is 23.4 Å². The lowest BCUT2D eigenvalue weighted by atomic mass is 10.3. The third-order valence-corrected chi connectivity index (χ3v) is 3.77. The molecule has 1 aromatic carbocycles. The van der Waals surface area contributed by atoms with Gasteiger partial charge in [-0.05, 0) is 47.3 Å². The number of nitrogens with one attached hydrogen (secondary N) is 1. The van der Waals surface area contributed by atoms with Gasteiger partial charge in [-0.3, -0.25) is 4.79 Å². The fourth-order valence-electron chi connectivity index (χ4n) is 1.48. The topological polar surface area (TPSA) is 81.9 Å². The van der Waals surface area contributed by atoms with Gasteiger partial charge in [-0.1, -0.05) is 11.6 Å². The third kappa shape index (κ3) is 4.42. The van der Waals surface area contributed by atoms with E-state index in [2.05, 4.69) is 20.8 Å². The first kappa shape index (κ1) is 15.7. The lowest BCUT2D eigenvalue weighted by molar-refractivity contribution is -0.120. The zero-order valence-corrected chi connectivity index (χ0v) is 13.1. The molecule has 1 N–H and O–H groups in total. The summed E-state index contributed by atoms with van der Waals surface area (Å²) in [5.74, 6) is -0.239. The van der Waals surface area contributed by atoms with Crippen LogP contribution < -0.4 is 5.32 Å². The SMILES string of the molecule is CCOCC(=O)Nc1cc(Cl)ccc1Sc1nnnn1C. The van der Waals surface area contributed by atoms with E-state index in [1.54, 1.807) is 29.9 Å². The fraction of sp³-hybridized carbons (Fsp3) is 0.333. The van der Waals surface area contributed by atoms with Crippen molar-refractivity contribution in [3.8, 4) is 0 Å². The number of aromatic nitrogens is 4. The van der Waals surface area contributed by atoms with E-state index < -0.39 is 0 Å². The van der Waals surface area contributed by atoms with Gasteiger partial charge < -0.3 is 10.1 Å². The maximum Gasteiger partial charge on any atom is 0.250 e. The van der Waals surface area contributed by atoms with Crippen LogP contribution in [0.3, 0.4) is 0 Å². The Morgan fingerprint density at radius 2 is 2.33 bits per heavy atom. The Bertz CT molecular complexity index is 634. The molecule has 0 saturated heterocycles. The van der Waals surface area contributed by atoms with Crippen LogP contribution in [0.2, 0.25) is 5.02 Å². The molecular weight excluding hydrogens is 314 g/mol. The highest BCUT2D eigenvalue weighted by Crippen LogP contribution is 2.33. The second-order valence-electron chi connectivity index (χ2n) is 4.01. The van der Waals surface area contributed by atoms with E-state index in [0.717, 1.165) is 4.90 Å². The Balaban J connectivity index is 2.17. The molecule has 2 rings (SSSR count). The van der Waals surface area contributed by atoms with Crippen LogP contribution in [0.4, 0.5) is 5.69 Å². The Hall–Kier alpha value is -1.64. The standard InChI is InChI=1S/C12H14ClN5O2S/c1-3-20-7-11(19)14-9-6-8(13)4-5-10(9)21-12-15-16-17-18(12)2/h4-6H,3,7H2,1-2H3,(H,14,19). The van der Waals surface area contributed by atoms with Crippen LogP contribution in [0, 0.1) is 0 Å². The molecule has 0 radical (unpaired) electrons. The second kappa shape index (κ2) is 7.39. The molecule has 2 aromatic rings. The van der Waals surface area contributed by atoms with Gasteiger partial charge in [-0.15, -0.1) is 5.10 Å². The molecule has 9 heteroatoms. The van der Waals surface area contributed by atoms with Crippen molar-refractivity contribution in [3.63, 3.8) is 0 Å². The van der Waals surface area contributed by atoms with Crippen LogP contribution in [0.25, 0.3) is 0 Å². The number of ether oxygens (including phenoxy) is 1. The van der Waals surface area contributed by atoms with E-state index in [1.807, 2.05) is 6.92 Å². The van der Waals surface area contributed by atoms with Gasteiger partial charge in [0, 0.05) is 23.6 Å². The molecule has 7 nitrogen and oxygen atoms in total. The monoisotopic (exact) mass is 327 g/mol. The minimum absolute atomic E-state index is 0.00135. The molecule has 21 heavy (non-hydrogen) atoms. The van der Waals surface area contributed by atoms with Crippen molar-refractivity contribution in [3.05, 3.63) is 23.2 Å². The summed E-state index contributed by atoms with van der Waals surface area (Å²) >= 11 is 7.32. The number of tetrazole rings is 1. The second-order valence-corrected chi connectivity index (χ2v) is 5.46. The summed E-state index contributed by atoms with van der Waals surface area (Å²) in [6.45, 7) is 2.31. The van der Waals surface area contributed by atoms with Gasteiger partial charge in [0.2, 0.25) is 11.1 Å². The minimum Gasteiger partial charge on any atom is -0.372 e. The number of hydrogen-bond donors (Lipinski definition) is 1. The number of anilines is 1. The Morgan fingerprint density at radius 3 is 3.00 bits per heavy atom. The summed E-state index contributed by atoms with van der Waals surface area (Å²) in [5.41, 5.74) is 0.597. The van der Waals surface area contributed by atoms with Crippen molar-refractivity contribution < 1.29 is 9.53 Å². The zero-order valence-electron chi connectivity index (χ0n) is 11.5. The van der Waals surface area contributed by atoms with Crippen molar-refractivity contribution in [1.29, 1.82) is 0 Å². The highest BCUT2D eigenvalue weighted by Gasteiger charge is 2.12. The smallest absolute Gasteiger partial charge is 0.250 e. The molecule has 1 heterocycles. The van der Waals surface area contributed by atoms with E-state index in [0.29, 0.717) is 22.5 Å². The molecule has 0 aliphatic carbocycles. The van der Waals surface area contributed by atoms with Crippen molar-refractivity contribution in [2.75, 3.05) is 18.5 Å². The van der Waals surface area contributed by atoms with Crippen LogP contribution in [0.5, 0.6) is 0 Å². The van der Waals surface area contributed by atoms with Crippen molar-refractivity contribution in [2.45, 2.75) is 17.0 Å². The molecule has 0 spiro atoms. The normalized spacial score (nSPS) is 10.6. The molecule has 0 fully saturated rings. The van der Waals surface area contributed by atoms with E-state index >= 15 is 0 Å². The summed E-state index contributed by atoms with van der Waals surface area (Å²) in [5, 5.41) is 15.1. The lowest BCUT2D eigenvalue weighted by Crippen LogP contribution is -2.18. The summed E-state index contributed by atoms with van der Waals surface area (Å²) in [6.07, 6.45) is 0. The van der Waals surface area contributed by atoms with Crippen LogP contribution in [-0.2, 0) is 16.6 Å². The lowest BCUT2D eigenvalue weighted by Gasteiger charge is -2.10. The molecular formula is C12H14ClN5O2S. The first-order chi connectivity index (χ1) is 10.1. The first-order valence-corrected chi connectivity index (χ1v) is 7.37. The summed E-state index contributed by atoms with van der Waals surface area (Å²) in [4.78, 5) is 12.6. The van der Waals surface area contributed by atoms with Gasteiger partial charge in [0.25, 0.3) is 0 Å². The van der Waals surface area contributed by atoms with E-state index in [-0.39, 0.29) is 12.5 Å². The predicted octanol–water partition coefficient (Wildman–Crippen LogP) is 1.99. The predicted molar refractivity (Wildman–Crippen MR) is 79.5 cm³/mol. The number of halogens is 1. The van der Waals surface area contributed by atoms with Crippen LogP contribution in [0.1, 0.15) is 6.92 Å². The Morgan fingerprint density at radius 1 is 1.52 bits per heavy atom. The molecule has 0 aliphatic rings. The minimum atomic E-state index is -0.239. The quantitative estimate of drug-likeness (QED) is 0.873. The van der Waals surface area contributed by atoms with Crippen LogP contribution in [-0.4, -0.2) is 39.3 Å². The van der Waals surface area contributed by atoms with Gasteiger partial charge in [-0.2, -0.15) is 0 Å². The number of amides is 1. The van der Waals surface area contributed by atoms with Gasteiger partial charge in [-0.25, -0.2) is 4.68 Å². The molecule has 1 amide bonds. The average molecular weight is 328 g/mol. The Labute approximate surface area is 131 Å². The maximum atomic E-state index is 11.8. The molecule has 0 atom stereocenters. The summed E-state index contributed by atoms with van der Waals surface area (Å²) in [6, 6.07) is 5.22. The molecule has 1 aromatic heterocycles. The van der Waals surface area contributed by atoms with Crippen LogP contribution in [0.15, 0.2) is 28.3 Å². The number of carbonyl (C=O) groups excluding carboxylic acids is 1. The summed E-state index contributed by atoms with van der Waals surface area (Å²) < 4.78 is 6.62. The van der Waals surface area contributed by atoms with Gasteiger partial charge in [0.05, 0.1) is 5.69 Å². The number of carbonyl (C=O) groups is 1. The highest BCUT2D eigenvalue weighted by molar-refractivity contribution is 7.99. The molecule has 0 saturated carbocycles. The molecule has 0 unspecified atom stereocenters. The highest BCUT2D eigenvalue weighted by atomic mass is 35.5. The largest absolute Gasteiger partial charge is 0.372 e. The van der Waals surface area contributed by atoms with E-state index in [1.165, 1.54) is 11.8 Å². The Kier molecular flexibility index (Phi) is 5.54.